The van der Waals surface area contributed by atoms with Crippen molar-refractivity contribution >= 4 is 22.9 Å². The molecule has 3 N–H and O–H groups in total. The third kappa shape index (κ3) is 2.05. The molecule has 84 valence electrons. The molecule has 0 aliphatic rings. The number of aromatic amines is 1. The van der Waals surface area contributed by atoms with E-state index in [0.29, 0.717) is 11.7 Å². The second kappa shape index (κ2) is 4.09. The zero-order valence-corrected chi connectivity index (χ0v) is 8.69. The van der Waals surface area contributed by atoms with E-state index in [9.17, 15) is 4.79 Å². The summed E-state index contributed by atoms with van der Waals surface area (Å²) in [5.41, 5.74) is 6.27. The number of aromatic nitrogens is 2. The minimum atomic E-state index is -0.741. The number of fused-ring (bicyclic) bond motifs is 1. The van der Waals surface area contributed by atoms with Gasteiger partial charge < -0.3 is 20.2 Å². The second-order valence-electron chi connectivity index (χ2n) is 3.12. The molecule has 0 aliphatic carbocycles. The van der Waals surface area contributed by atoms with Crippen molar-refractivity contribution in [1.29, 1.82) is 0 Å². The Bertz CT molecular complexity index is 521. The molecule has 0 bridgehead atoms. The zero-order chi connectivity index (χ0) is 11.5. The summed E-state index contributed by atoms with van der Waals surface area (Å²) in [7, 11) is 0. The third-order valence-electron chi connectivity index (χ3n) is 1.96. The predicted molar refractivity (Wildman–Crippen MR) is 58.2 cm³/mol. The van der Waals surface area contributed by atoms with Crippen LogP contribution >= 0.6 is 0 Å². The number of nitrogens with zero attached hydrogens (tertiary/aromatic N) is 1. The van der Waals surface area contributed by atoms with Crippen LogP contribution in [-0.4, -0.2) is 22.7 Å². The van der Waals surface area contributed by atoms with E-state index in [0.717, 1.165) is 10.9 Å². The first-order valence-corrected chi connectivity index (χ1v) is 4.78. The van der Waals surface area contributed by atoms with Crippen LogP contribution in [0.15, 0.2) is 18.3 Å². The number of anilines is 1. The maximum atomic E-state index is 11.1. The summed E-state index contributed by atoms with van der Waals surface area (Å²) in [4.78, 5) is 17.8. The summed E-state index contributed by atoms with van der Waals surface area (Å²) in [6, 6.07) is 3.34. The van der Waals surface area contributed by atoms with Gasteiger partial charge in [0.2, 0.25) is 5.88 Å². The molecule has 2 aromatic rings. The largest absolute Gasteiger partial charge is 0.515 e. The van der Waals surface area contributed by atoms with E-state index in [1.807, 2.05) is 0 Å². The van der Waals surface area contributed by atoms with Gasteiger partial charge in [0, 0.05) is 11.5 Å². The Kier molecular flexibility index (Phi) is 2.63. The van der Waals surface area contributed by atoms with Crippen LogP contribution < -0.4 is 10.5 Å². The Balaban J connectivity index is 2.23. The van der Waals surface area contributed by atoms with Crippen LogP contribution in [0.4, 0.5) is 10.6 Å². The van der Waals surface area contributed by atoms with Crippen LogP contribution in [0.25, 0.3) is 10.9 Å². The lowest BCUT2D eigenvalue weighted by Gasteiger charge is -1.99. The lowest BCUT2D eigenvalue weighted by molar-refractivity contribution is 0.103. The lowest BCUT2D eigenvalue weighted by Crippen LogP contribution is -2.09. The third-order valence-corrected chi connectivity index (χ3v) is 1.96. The Morgan fingerprint density at radius 3 is 3.12 bits per heavy atom. The fraction of sp³-hybridized carbons (Fsp3) is 0.200. The molecule has 2 rings (SSSR count). The van der Waals surface area contributed by atoms with Crippen LogP contribution in [0.3, 0.4) is 0 Å². The summed E-state index contributed by atoms with van der Waals surface area (Å²) >= 11 is 0. The van der Waals surface area contributed by atoms with Gasteiger partial charge in [-0.2, -0.15) is 0 Å². The van der Waals surface area contributed by atoms with E-state index in [1.165, 1.54) is 0 Å². The first-order valence-electron chi connectivity index (χ1n) is 4.78. The number of carbonyl (C=O) groups excluding carboxylic acids is 1. The minimum absolute atomic E-state index is 0.271. The van der Waals surface area contributed by atoms with E-state index < -0.39 is 6.16 Å². The SMILES string of the molecule is CCOC(=O)Oc1cc2cc(N)ncc2[nH]1. The molecule has 2 heterocycles. The molecule has 0 unspecified atom stereocenters. The molecular weight excluding hydrogens is 210 g/mol. The van der Waals surface area contributed by atoms with Gasteiger partial charge in [-0.3, -0.25) is 0 Å². The van der Waals surface area contributed by atoms with Crippen molar-refractivity contribution in [2.75, 3.05) is 12.3 Å². The van der Waals surface area contributed by atoms with Gasteiger partial charge in [0.25, 0.3) is 0 Å². The zero-order valence-electron chi connectivity index (χ0n) is 8.69. The maximum absolute atomic E-state index is 11.1. The van der Waals surface area contributed by atoms with Crippen LogP contribution in [-0.2, 0) is 4.74 Å². The molecule has 6 nitrogen and oxygen atoms in total. The van der Waals surface area contributed by atoms with E-state index in [2.05, 4.69) is 14.7 Å². The highest BCUT2D eigenvalue weighted by atomic mass is 16.7. The lowest BCUT2D eigenvalue weighted by atomic mass is 10.3. The second-order valence-corrected chi connectivity index (χ2v) is 3.12. The number of nitrogens with one attached hydrogen (secondary N) is 1. The smallest absolute Gasteiger partial charge is 0.434 e. The quantitative estimate of drug-likeness (QED) is 0.753. The molecule has 0 aliphatic heterocycles. The predicted octanol–water partition coefficient (Wildman–Crippen LogP) is 1.68. The highest BCUT2D eigenvalue weighted by Crippen LogP contribution is 2.21. The minimum Gasteiger partial charge on any atom is -0.434 e. The van der Waals surface area contributed by atoms with Gasteiger partial charge >= 0.3 is 6.16 Å². The molecule has 16 heavy (non-hydrogen) atoms. The van der Waals surface area contributed by atoms with Gasteiger partial charge in [0.15, 0.2) is 0 Å². The van der Waals surface area contributed by atoms with E-state index >= 15 is 0 Å². The van der Waals surface area contributed by atoms with Crippen molar-refractivity contribution in [3.63, 3.8) is 0 Å². The number of nitrogens with two attached hydrogens (primary N) is 1. The fourth-order valence-corrected chi connectivity index (χ4v) is 1.31. The molecule has 0 saturated carbocycles. The summed E-state index contributed by atoms with van der Waals surface area (Å²) in [6.45, 7) is 1.98. The monoisotopic (exact) mass is 221 g/mol. The molecule has 0 aromatic carbocycles. The molecule has 2 aromatic heterocycles. The number of ether oxygens (including phenoxy) is 2. The van der Waals surface area contributed by atoms with Crippen LogP contribution in [0.2, 0.25) is 0 Å². The van der Waals surface area contributed by atoms with Crippen molar-refractivity contribution in [1.82, 2.24) is 9.97 Å². The Morgan fingerprint density at radius 1 is 1.56 bits per heavy atom. The molecule has 0 spiro atoms. The highest BCUT2D eigenvalue weighted by Gasteiger charge is 2.08. The Hall–Kier alpha value is -2.24. The van der Waals surface area contributed by atoms with Crippen LogP contribution in [0, 0.1) is 0 Å². The summed E-state index contributed by atoms with van der Waals surface area (Å²) in [6.07, 6.45) is 0.831. The van der Waals surface area contributed by atoms with Crippen molar-refractivity contribution in [3.05, 3.63) is 18.3 Å². The molecule has 0 fully saturated rings. The summed E-state index contributed by atoms with van der Waals surface area (Å²) in [5.74, 6) is 0.718. The average Bonchev–Trinajstić information content (AvgIpc) is 2.59. The molecule has 0 saturated heterocycles. The standard InChI is InChI=1S/C10H11N3O3/c1-2-15-10(14)16-9-4-6-3-8(11)12-5-7(6)13-9/h3-5,13H,2H2,1H3,(H2,11,12). The first kappa shape index (κ1) is 10.3. The number of nitrogen functional groups attached to an aromatic ring is 1. The number of hydrogen-bond acceptors (Lipinski definition) is 5. The van der Waals surface area contributed by atoms with E-state index in [4.69, 9.17) is 10.5 Å². The Morgan fingerprint density at radius 2 is 2.38 bits per heavy atom. The fourth-order valence-electron chi connectivity index (χ4n) is 1.31. The van der Waals surface area contributed by atoms with Crippen molar-refractivity contribution in [2.24, 2.45) is 0 Å². The number of carbonyl (C=O) groups is 1. The normalized spacial score (nSPS) is 10.3. The maximum Gasteiger partial charge on any atom is 0.515 e. The van der Waals surface area contributed by atoms with Gasteiger partial charge in [-0.05, 0) is 13.0 Å². The molecule has 0 amide bonds. The van der Waals surface area contributed by atoms with Gasteiger partial charge in [-0.1, -0.05) is 0 Å². The topological polar surface area (TPSA) is 90.2 Å². The van der Waals surface area contributed by atoms with Crippen molar-refractivity contribution in [3.8, 4) is 5.88 Å². The number of rotatable bonds is 2. The van der Waals surface area contributed by atoms with Crippen LogP contribution in [0.1, 0.15) is 6.92 Å². The first-order chi connectivity index (χ1) is 7.69. The van der Waals surface area contributed by atoms with Crippen molar-refractivity contribution in [2.45, 2.75) is 6.92 Å². The number of hydrogen-bond donors (Lipinski definition) is 2. The van der Waals surface area contributed by atoms with Gasteiger partial charge in [-0.15, -0.1) is 0 Å². The molecular formula is C10H11N3O3. The van der Waals surface area contributed by atoms with Crippen LogP contribution in [0.5, 0.6) is 5.88 Å². The number of H-pyrrole nitrogens is 1. The molecule has 6 heteroatoms. The van der Waals surface area contributed by atoms with Gasteiger partial charge in [-0.25, -0.2) is 9.78 Å². The number of pyridine rings is 1. The van der Waals surface area contributed by atoms with E-state index in [1.54, 1.807) is 25.3 Å². The summed E-state index contributed by atoms with van der Waals surface area (Å²) in [5, 5.41) is 0.826. The Labute approximate surface area is 91.4 Å². The van der Waals surface area contributed by atoms with E-state index in [-0.39, 0.29) is 6.61 Å². The molecule has 0 radical (unpaired) electrons. The van der Waals surface area contributed by atoms with Crippen molar-refractivity contribution < 1.29 is 14.3 Å². The highest BCUT2D eigenvalue weighted by molar-refractivity contribution is 5.83. The average molecular weight is 221 g/mol. The summed E-state index contributed by atoms with van der Waals surface area (Å²) < 4.78 is 9.54. The van der Waals surface area contributed by atoms with Gasteiger partial charge in [0.1, 0.15) is 5.82 Å². The molecule has 0 atom stereocenters. The van der Waals surface area contributed by atoms with Gasteiger partial charge in [0.05, 0.1) is 18.3 Å².